The molecule has 3 aromatic rings. The predicted molar refractivity (Wildman–Crippen MR) is 130 cm³/mol. The molecule has 0 radical (unpaired) electrons. The Morgan fingerprint density at radius 1 is 0.949 bits per heavy atom. The molecule has 1 fully saturated rings. The fraction of sp³-hybridized carbons (Fsp3) is 0.286. The fourth-order valence-corrected chi connectivity index (χ4v) is 4.57. The third-order valence-corrected chi connectivity index (χ3v) is 6.55. The van der Waals surface area contributed by atoms with Crippen molar-refractivity contribution < 1.29 is 40.7 Å². The highest BCUT2D eigenvalue weighted by atomic mass is 19.3. The molecule has 4 rings (SSSR count). The van der Waals surface area contributed by atoms with E-state index in [2.05, 4.69) is 15.4 Å². The lowest BCUT2D eigenvalue weighted by Crippen LogP contribution is -2.56. The van der Waals surface area contributed by atoms with Crippen LogP contribution in [0.1, 0.15) is 29.5 Å². The number of alkyl halides is 4. The first-order chi connectivity index (χ1) is 18.5. The maximum atomic E-state index is 14.8. The van der Waals surface area contributed by atoms with Gasteiger partial charge in [0.15, 0.2) is 0 Å². The molecule has 1 saturated carbocycles. The van der Waals surface area contributed by atoms with E-state index in [1.165, 1.54) is 12.1 Å². The maximum absolute atomic E-state index is 14.8. The van der Waals surface area contributed by atoms with Gasteiger partial charge in [0, 0.05) is 24.4 Å². The van der Waals surface area contributed by atoms with Gasteiger partial charge in [-0.25, -0.2) is 13.6 Å². The zero-order valence-electron chi connectivity index (χ0n) is 20.4. The molecule has 0 spiro atoms. The lowest BCUT2D eigenvalue weighted by Gasteiger charge is -2.39. The van der Waals surface area contributed by atoms with Gasteiger partial charge in [-0.1, -0.05) is 42.5 Å². The standard InChI is InChI=1S/C28H24F6N2O3/c29-21-8-6-19(7-9-21)27(15-17-4-2-1-3-5-17,36-26(38)35-23-10-18(11-23)16-37)20-12-22(30)14-24(13-20)39-28(33,34)25(31)32/h1-9,12-14,16,18,23,25H,10-11,15H2,(H2,35,36,38)/t18-,23+,27-/m1/s1. The largest absolute Gasteiger partial charge is 0.461 e. The first kappa shape index (κ1) is 28.0. The van der Waals surface area contributed by atoms with Gasteiger partial charge in [0.05, 0.1) is 5.54 Å². The van der Waals surface area contributed by atoms with Gasteiger partial charge in [0.2, 0.25) is 0 Å². The second kappa shape index (κ2) is 11.4. The normalized spacial score (nSPS) is 18.5. The third-order valence-electron chi connectivity index (χ3n) is 6.55. The lowest BCUT2D eigenvalue weighted by molar-refractivity contribution is -0.253. The Morgan fingerprint density at radius 2 is 1.62 bits per heavy atom. The number of amides is 2. The first-order valence-electron chi connectivity index (χ1n) is 12.0. The molecule has 3 aromatic carbocycles. The van der Waals surface area contributed by atoms with Crippen molar-refractivity contribution in [3.05, 3.63) is 101 Å². The molecule has 1 aliphatic carbocycles. The zero-order chi connectivity index (χ0) is 28.2. The smallest absolute Gasteiger partial charge is 0.428 e. The monoisotopic (exact) mass is 550 g/mol. The summed E-state index contributed by atoms with van der Waals surface area (Å²) < 4.78 is 85.9. The molecule has 0 unspecified atom stereocenters. The van der Waals surface area contributed by atoms with Gasteiger partial charge >= 0.3 is 18.6 Å². The van der Waals surface area contributed by atoms with Crippen LogP contribution in [0, 0.1) is 17.6 Å². The molecular formula is C28H24F6N2O3. The fourth-order valence-electron chi connectivity index (χ4n) is 4.57. The number of carbonyl (C=O) groups excluding carboxylic acids is 2. The van der Waals surface area contributed by atoms with Crippen LogP contribution in [-0.4, -0.2) is 30.9 Å². The van der Waals surface area contributed by atoms with Crippen molar-refractivity contribution in [2.24, 2.45) is 5.92 Å². The van der Waals surface area contributed by atoms with Gasteiger partial charge in [0.1, 0.15) is 23.7 Å². The molecule has 0 bridgehead atoms. The number of hydrogen-bond acceptors (Lipinski definition) is 3. The van der Waals surface area contributed by atoms with E-state index in [1.807, 2.05) is 0 Å². The van der Waals surface area contributed by atoms with Crippen LogP contribution in [0.2, 0.25) is 0 Å². The summed E-state index contributed by atoms with van der Waals surface area (Å²) in [5, 5.41) is 5.51. The van der Waals surface area contributed by atoms with E-state index in [4.69, 9.17) is 0 Å². The van der Waals surface area contributed by atoms with Crippen LogP contribution < -0.4 is 15.4 Å². The molecule has 0 saturated heterocycles. The van der Waals surface area contributed by atoms with Crippen LogP contribution in [0.15, 0.2) is 72.8 Å². The van der Waals surface area contributed by atoms with Gasteiger partial charge in [-0.15, -0.1) is 0 Å². The van der Waals surface area contributed by atoms with E-state index in [9.17, 15) is 35.9 Å². The van der Waals surface area contributed by atoms with Crippen molar-refractivity contribution in [2.75, 3.05) is 0 Å². The van der Waals surface area contributed by atoms with Crippen molar-refractivity contribution in [1.29, 1.82) is 0 Å². The summed E-state index contributed by atoms with van der Waals surface area (Å²) in [5.74, 6) is -2.79. The molecule has 0 aliphatic heterocycles. The Balaban J connectivity index is 1.83. The summed E-state index contributed by atoms with van der Waals surface area (Å²) in [7, 11) is 0. The second-order valence-electron chi connectivity index (χ2n) is 9.38. The van der Waals surface area contributed by atoms with Crippen molar-refractivity contribution in [3.63, 3.8) is 0 Å². The molecule has 2 amide bonds. The summed E-state index contributed by atoms with van der Waals surface area (Å²) in [6.07, 6.45) is -7.54. The highest BCUT2D eigenvalue weighted by Crippen LogP contribution is 2.38. The minimum Gasteiger partial charge on any atom is -0.428 e. The summed E-state index contributed by atoms with van der Waals surface area (Å²) >= 11 is 0. The van der Waals surface area contributed by atoms with Gasteiger partial charge in [0.25, 0.3) is 0 Å². The Bertz CT molecular complexity index is 1300. The summed E-state index contributed by atoms with van der Waals surface area (Å²) in [6.45, 7) is 0. The van der Waals surface area contributed by atoms with Gasteiger partial charge in [-0.3, -0.25) is 0 Å². The number of urea groups is 1. The van der Waals surface area contributed by atoms with Crippen LogP contribution in [-0.2, 0) is 16.8 Å². The number of hydrogen-bond donors (Lipinski definition) is 2. The SMILES string of the molecule is O=C[C@H]1C[C@@H](NC(=O)N[C@](Cc2ccccc2)(c2ccc(F)cc2)c2cc(F)cc(OC(F)(F)C(F)F)c2)C1. The van der Waals surface area contributed by atoms with Crippen LogP contribution in [0.3, 0.4) is 0 Å². The Morgan fingerprint density at radius 3 is 2.23 bits per heavy atom. The van der Waals surface area contributed by atoms with Crippen LogP contribution in [0.25, 0.3) is 0 Å². The van der Waals surface area contributed by atoms with E-state index >= 15 is 0 Å². The number of carbonyl (C=O) groups is 2. The molecule has 0 aromatic heterocycles. The minimum absolute atomic E-state index is 0.0668. The number of aldehydes is 1. The summed E-state index contributed by atoms with van der Waals surface area (Å²) in [6, 6.07) is 14.8. The number of nitrogens with one attached hydrogen (secondary N) is 2. The van der Waals surface area contributed by atoms with Gasteiger partial charge < -0.3 is 20.2 Å². The first-order valence-corrected chi connectivity index (χ1v) is 12.0. The Labute approximate surface area is 220 Å². The van der Waals surface area contributed by atoms with Crippen LogP contribution in [0.4, 0.5) is 31.1 Å². The van der Waals surface area contributed by atoms with E-state index in [0.29, 0.717) is 24.5 Å². The van der Waals surface area contributed by atoms with E-state index < -0.39 is 41.5 Å². The predicted octanol–water partition coefficient (Wildman–Crippen LogP) is 5.96. The molecule has 2 N–H and O–H groups in total. The average Bonchev–Trinajstić information content (AvgIpc) is 2.86. The highest BCUT2D eigenvalue weighted by Gasteiger charge is 2.45. The third kappa shape index (κ3) is 6.52. The number of benzene rings is 3. The quantitative estimate of drug-likeness (QED) is 0.242. The van der Waals surface area contributed by atoms with Gasteiger partial charge in [-0.2, -0.15) is 17.6 Å². The topological polar surface area (TPSA) is 67.4 Å². The maximum Gasteiger partial charge on any atom is 0.461 e. The van der Waals surface area contributed by atoms with E-state index in [-0.39, 0.29) is 29.5 Å². The molecular weight excluding hydrogens is 526 g/mol. The average molecular weight is 550 g/mol. The lowest BCUT2D eigenvalue weighted by atomic mass is 9.77. The number of halogens is 6. The number of rotatable bonds is 10. The molecule has 206 valence electrons. The van der Waals surface area contributed by atoms with Crippen molar-refractivity contribution in [3.8, 4) is 5.75 Å². The zero-order valence-corrected chi connectivity index (χ0v) is 20.4. The number of ether oxygens (including phenoxy) is 1. The molecule has 39 heavy (non-hydrogen) atoms. The molecule has 1 aliphatic rings. The van der Waals surface area contributed by atoms with Crippen LogP contribution >= 0.6 is 0 Å². The van der Waals surface area contributed by atoms with Crippen molar-refractivity contribution in [2.45, 2.75) is 43.4 Å². The van der Waals surface area contributed by atoms with Gasteiger partial charge in [-0.05, 0) is 53.8 Å². The highest BCUT2D eigenvalue weighted by molar-refractivity contribution is 5.77. The Kier molecular flexibility index (Phi) is 8.17. The minimum atomic E-state index is -4.91. The molecule has 5 nitrogen and oxygen atoms in total. The van der Waals surface area contributed by atoms with Crippen molar-refractivity contribution >= 4 is 12.3 Å². The second-order valence-corrected chi connectivity index (χ2v) is 9.38. The molecule has 1 atom stereocenters. The Hall–Kier alpha value is -4.02. The molecule has 0 heterocycles. The molecule has 11 heteroatoms. The van der Waals surface area contributed by atoms with Crippen LogP contribution in [0.5, 0.6) is 5.75 Å². The van der Waals surface area contributed by atoms with Crippen molar-refractivity contribution in [1.82, 2.24) is 10.6 Å². The van der Waals surface area contributed by atoms with E-state index in [1.54, 1.807) is 30.3 Å². The summed E-state index contributed by atoms with van der Waals surface area (Å²) in [5.41, 5.74) is -0.948. The summed E-state index contributed by atoms with van der Waals surface area (Å²) in [4.78, 5) is 24.2. The van der Waals surface area contributed by atoms with E-state index in [0.717, 1.165) is 30.6 Å².